The molecular weight excluding hydrogens is 298 g/mol. The molecule has 1 rings (SSSR count). The van der Waals surface area contributed by atoms with Crippen molar-refractivity contribution in [3.63, 3.8) is 0 Å². The van der Waals surface area contributed by atoms with Crippen LogP contribution in [0.15, 0.2) is 18.2 Å². The highest BCUT2D eigenvalue weighted by Gasteiger charge is 2.37. The second kappa shape index (κ2) is 6.68. The zero-order valence-electron chi connectivity index (χ0n) is 11.4. The molecule has 1 N–H and O–H groups in total. The maximum absolute atomic E-state index is 12.7. The second-order valence-electron chi connectivity index (χ2n) is 4.85. The van der Waals surface area contributed by atoms with Gasteiger partial charge in [-0.3, -0.25) is 0 Å². The van der Waals surface area contributed by atoms with Gasteiger partial charge in [-0.1, -0.05) is 26.2 Å². The lowest BCUT2D eigenvalue weighted by molar-refractivity contribution is -0.143. The number of alkyl halides is 6. The number of benzene rings is 1. The summed E-state index contributed by atoms with van der Waals surface area (Å²) in [5, 5.41) is 9.79. The van der Waals surface area contributed by atoms with Crippen molar-refractivity contribution in [2.45, 2.75) is 51.1 Å². The van der Waals surface area contributed by atoms with Gasteiger partial charge in [0.25, 0.3) is 0 Å². The third kappa shape index (κ3) is 5.22. The standard InChI is InChI=1S/C14H16F6O/c1-2-3-4-5-12(21)9-6-10(13(15,16)17)8-11(7-9)14(18,19)20/h6-8,12,21H,2-5H2,1H3. The maximum Gasteiger partial charge on any atom is 0.416 e. The minimum absolute atomic E-state index is 0.0578. The van der Waals surface area contributed by atoms with Crippen LogP contribution in [0, 0.1) is 0 Å². The predicted octanol–water partition coefficient (Wildman–Crippen LogP) is 5.34. The van der Waals surface area contributed by atoms with Crippen molar-refractivity contribution in [2.24, 2.45) is 0 Å². The summed E-state index contributed by atoms with van der Waals surface area (Å²) in [6.07, 6.45) is -8.86. The van der Waals surface area contributed by atoms with Gasteiger partial charge in [-0.25, -0.2) is 0 Å². The highest BCUT2D eigenvalue weighted by molar-refractivity contribution is 5.34. The van der Waals surface area contributed by atoms with Gasteiger partial charge < -0.3 is 5.11 Å². The Labute approximate surface area is 118 Å². The minimum atomic E-state index is -4.89. The van der Waals surface area contributed by atoms with Gasteiger partial charge in [-0.05, 0) is 30.2 Å². The van der Waals surface area contributed by atoms with E-state index >= 15 is 0 Å². The molecule has 1 nitrogen and oxygen atoms in total. The van der Waals surface area contributed by atoms with E-state index in [1.807, 2.05) is 6.92 Å². The molecule has 21 heavy (non-hydrogen) atoms. The molecule has 0 saturated heterocycles. The summed E-state index contributed by atoms with van der Waals surface area (Å²) in [5.41, 5.74) is -3.16. The van der Waals surface area contributed by atoms with Crippen LogP contribution in [0.2, 0.25) is 0 Å². The lowest BCUT2D eigenvalue weighted by Gasteiger charge is -2.17. The molecule has 1 unspecified atom stereocenters. The first-order valence-corrected chi connectivity index (χ1v) is 6.53. The van der Waals surface area contributed by atoms with Crippen LogP contribution in [-0.4, -0.2) is 5.11 Å². The fourth-order valence-electron chi connectivity index (χ4n) is 1.93. The van der Waals surface area contributed by atoms with E-state index in [1.165, 1.54) is 0 Å². The number of aliphatic hydroxyl groups is 1. The molecule has 0 aliphatic carbocycles. The van der Waals surface area contributed by atoms with Crippen molar-refractivity contribution in [3.8, 4) is 0 Å². The molecular formula is C14H16F6O. The van der Waals surface area contributed by atoms with E-state index in [1.54, 1.807) is 0 Å². The van der Waals surface area contributed by atoms with Crippen molar-refractivity contribution in [1.82, 2.24) is 0 Å². The Balaban J connectivity index is 3.13. The molecule has 0 heterocycles. The van der Waals surface area contributed by atoms with E-state index in [2.05, 4.69) is 0 Å². The van der Waals surface area contributed by atoms with Gasteiger partial charge >= 0.3 is 12.4 Å². The molecule has 0 spiro atoms. The van der Waals surface area contributed by atoms with Gasteiger partial charge in [-0.15, -0.1) is 0 Å². The van der Waals surface area contributed by atoms with Gasteiger partial charge in [0.2, 0.25) is 0 Å². The zero-order valence-corrected chi connectivity index (χ0v) is 11.4. The van der Waals surface area contributed by atoms with E-state index in [9.17, 15) is 31.4 Å². The highest BCUT2D eigenvalue weighted by Crippen LogP contribution is 2.38. The molecule has 0 bridgehead atoms. The molecule has 0 aromatic heterocycles. The summed E-state index contributed by atoms with van der Waals surface area (Å²) in [5.74, 6) is 0. The molecule has 0 fully saturated rings. The number of hydrogen-bond acceptors (Lipinski definition) is 1. The molecule has 0 radical (unpaired) electrons. The average Bonchev–Trinajstić information content (AvgIpc) is 2.36. The van der Waals surface area contributed by atoms with Crippen LogP contribution in [-0.2, 0) is 12.4 Å². The number of unbranched alkanes of at least 4 members (excludes halogenated alkanes) is 2. The lowest BCUT2D eigenvalue weighted by atomic mass is 9.98. The van der Waals surface area contributed by atoms with Crippen molar-refractivity contribution in [2.75, 3.05) is 0 Å². The first kappa shape index (κ1) is 17.8. The Bertz CT molecular complexity index is 431. The number of hydrogen-bond donors (Lipinski definition) is 1. The van der Waals surface area contributed by atoms with E-state index < -0.39 is 29.6 Å². The summed E-state index contributed by atoms with van der Waals surface area (Å²) in [4.78, 5) is 0. The van der Waals surface area contributed by atoms with Crippen molar-refractivity contribution < 1.29 is 31.4 Å². The quantitative estimate of drug-likeness (QED) is 0.574. The molecule has 120 valence electrons. The molecule has 0 aliphatic heterocycles. The van der Waals surface area contributed by atoms with Crippen LogP contribution in [0.5, 0.6) is 0 Å². The normalized spacial score (nSPS) is 14.3. The summed E-state index contributed by atoms with van der Waals surface area (Å²) < 4.78 is 75.9. The van der Waals surface area contributed by atoms with Gasteiger partial charge in [0, 0.05) is 0 Å². The molecule has 0 amide bonds. The van der Waals surface area contributed by atoms with E-state index in [4.69, 9.17) is 0 Å². The summed E-state index contributed by atoms with van der Waals surface area (Å²) in [6.45, 7) is 1.90. The Morgan fingerprint density at radius 3 is 1.76 bits per heavy atom. The van der Waals surface area contributed by atoms with Crippen molar-refractivity contribution >= 4 is 0 Å². The lowest BCUT2D eigenvalue weighted by Crippen LogP contribution is -2.13. The van der Waals surface area contributed by atoms with E-state index in [0.29, 0.717) is 18.6 Å². The Hall–Kier alpha value is -1.24. The fourth-order valence-corrected chi connectivity index (χ4v) is 1.93. The molecule has 1 aromatic carbocycles. The van der Waals surface area contributed by atoms with Crippen LogP contribution in [0.25, 0.3) is 0 Å². The first-order chi connectivity index (χ1) is 9.55. The van der Waals surface area contributed by atoms with E-state index in [0.717, 1.165) is 12.8 Å². The Morgan fingerprint density at radius 1 is 0.905 bits per heavy atom. The van der Waals surface area contributed by atoms with Crippen LogP contribution >= 0.6 is 0 Å². The fraction of sp³-hybridized carbons (Fsp3) is 0.571. The van der Waals surface area contributed by atoms with Gasteiger partial charge in [0.05, 0.1) is 17.2 Å². The van der Waals surface area contributed by atoms with Crippen molar-refractivity contribution in [1.29, 1.82) is 0 Å². The number of halogens is 6. The molecule has 1 atom stereocenters. The van der Waals surface area contributed by atoms with Crippen LogP contribution in [0.3, 0.4) is 0 Å². The average molecular weight is 314 g/mol. The van der Waals surface area contributed by atoms with Gasteiger partial charge in [0.15, 0.2) is 0 Å². The number of rotatable bonds is 5. The molecule has 7 heteroatoms. The van der Waals surface area contributed by atoms with Gasteiger partial charge in [0.1, 0.15) is 0 Å². The number of aliphatic hydroxyl groups excluding tert-OH is 1. The largest absolute Gasteiger partial charge is 0.416 e. The third-order valence-electron chi connectivity index (χ3n) is 3.08. The monoisotopic (exact) mass is 314 g/mol. The summed E-state index contributed by atoms with van der Waals surface area (Å²) in [6, 6.07) is 1.21. The topological polar surface area (TPSA) is 20.2 Å². The van der Waals surface area contributed by atoms with Crippen LogP contribution < -0.4 is 0 Å². The van der Waals surface area contributed by atoms with Crippen LogP contribution in [0.4, 0.5) is 26.3 Å². The predicted molar refractivity (Wildman–Crippen MR) is 65.5 cm³/mol. The minimum Gasteiger partial charge on any atom is -0.388 e. The van der Waals surface area contributed by atoms with E-state index in [-0.39, 0.29) is 18.1 Å². The zero-order chi connectivity index (χ0) is 16.3. The van der Waals surface area contributed by atoms with Crippen molar-refractivity contribution in [3.05, 3.63) is 34.9 Å². The van der Waals surface area contributed by atoms with Crippen LogP contribution in [0.1, 0.15) is 55.4 Å². The maximum atomic E-state index is 12.7. The second-order valence-corrected chi connectivity index (χ2v) is 4.85. The first-order valence-electron chi connectivity index (χ1n) is 6.53. The Kier molecular flexibility index (Phi) is 5.67. The highest BCUT2D eigenvalue weighted by atomic mass is 19.4. The van der Waals surface area contributed by atoms with Gasteiger partial charge in [-0.2, -0.15) is 26.3 Å². The summed E-state index contributed by atoms with van der Waals surface area (Å²) >= 11 is 0. The molecule has 0 saturated carbocycles. The Morgan fingerprint density at radius 2 is 1.38 bits per heavy atom. The third-order valence-corrected chi connectivity index (χ3v) is 3.08. The molecule has 1 aromatic rings. The molecule has 0 aliphatic rings. The smallest absolute Gasteiger partial charge is 0.388 e. The summed E-state index contributed by atoms with van der Waals surface area (Å²) in [7, 11) is 0. The SMILES string of the molecule is CCCCCC(O)c1cc(C(F)(F)F)cc(C(F)(F)F)c1.